The number of fused-ring (bicyclic) bond motifs is 1. The summed E-state index contributed by atoms with van der Waals surface area (Å²) in [6, 6.07) is 10.9. The molecule has 0 saturated carbocycles. The lowest BCUT2D eigenvalue weighted by molar-refractivity contribution is -0.114. The van der Waals surface area contributed by atoms with Crippen LogP contribution in [0.5, 0.6) is 17.2 Å². The predicted molar refractivity (Wildman–Crippen MR) is 148 cm³/mol. The topological polar surface area (TPSA) is 96.6 Å². The molecule has 198 valence electrons. The third-order valence-electron chi connectivity index (χ3n) is 5.18. The van der Waals surface area contributed by atoms with Crippen LogP contribution in [-0.4, -0.2) is 53.5 Å². The van der Waals surface area contributed by atoms with E-state index in [0.29, 0.717) is 32.1 Å². The van der Waals surface area contributed by atoms with Gasteiger partial charge in [-0.2, -0.15) is 28.3 Å². The van der Waals surface area contributed by atoms with Gasteiger partial charge in [-0.05, 0) is 76.2 Å². The van der Waals surface area contributed by atoms with E-state index in [0.717, 1.165) is 11.3 Å². The van der Waals surface area contributed by atoms with Gasteiger partial charge in [0.15, 0.2) is 17.3 Å². The van der Waals surface area contributed by atoms with Crippen LogP contribution < -0.4 is 14.2 Å². The van der Waals surface area contributed by atoms with E-state index >= 15 is 0 Å². The quantitative estimate of drug-likeness (QED) is 0.162. The number of rotatable bonds is 9. The molecule has 0 saturated heterocycles. The molecular formula is C25H20F3IN4O4S. The maximum Gasteiger partial charge on any atom is 0.441 e. The summed E-state index contributed by atoms with van der Waals surface area (Å²) < 4.78 is 57.0. The zero-order valence-electron chi connectivity index (χ0n) is 19.8. The molecule has 1 N–H and O–H groups in total. The first-order chi connectivity index (χ1) is 18.1. The summed E-state index contributed by atoms with van der Waals surface area (Å²) in [5.74, 6) is 0.224. The summed E-state index contributed by atoms with van der Waals surface area (Å²) in [5, 5.41) is 10.9. The van der Waals surface area contributed by atoms with Crippen LogP contribution in [0.1, 0.15) is 11.1 Å². The Morgan fingerprint density at radius 2 is 1.92 bits per heavy atom. The summed E-state index contributed by atoms with van der Waals surface area (Å²) in [6.45, 7) is 4.26. The molecule has 4 rings (SSSR count). The van der Waals surface area contributed by atoms with E-state index < -0.39 is 23.0 Å². The first-order valence-electron chi connectivity index (χ1n) is 11.0. The van der Waals surface area contributed by atoms with Crippen LogP contribution in [0, 0.1) is 8.98 Å². The van der Waals surface area contributed by atoms with Gasteiger partial charge in [-0.3, -0.25) is 10.2 Å². The highest BCUT2D eigenvalue weighted by atomic mass is 127. The Balaban J connectivity index is 1.49. The fourth-order valence-electron chi connectivity index (χ4n) is 3.50. The van der Waals surface area contributed by atoms with Crippen molar-refractivity contribution in [2.24, 2.45) is 10.1 Å². The van der Waals surface area contributed by atoms with Crippen molar-refractivity contribution >= 4 is 62.4 Å². The molecule has 0 aliphatic carbocycles. The van der Waals surface area contributed by atoms with Crippen LogP contribution >= 0.6 is 34.4 Å². The molecule has 0 aromatic heterocycles. The second-order valence-corrected chi connectivity index (χ2v) is 9.87. The number of amidine groups is 2. The number of hydrogen-bond donors (Lipinski definition) is 1. The highest BCUT2D eigenvalue weighted by Gasteiger charge is 2.46. The first kappa shape index (κ1) is 27.7. The predicted octanol–water partition coefficient (Wildman–Crippen LogP) is 5.67. The van der Waals surface area contributed by atoms with Gasteiger partial charge in [0.2, 0.25) is 10.2 Å². The molecule has 0 bridgehead atoms. The zero-order valence-corrected chi connectivity index (χ0v) is 22.8. The van der Waals surface area contributed by atoms with E-state index in [1.54, 1.807) is 18.2 Å². The van der Waals surface area contributed by atoms with Gasteiger partial charge >= 0.3 is 6.18 Å². The molecule has 0 radical (unpaired) electrons. The Labute approximate surface area is 233 Å². The Bertz CT molecular complexity index is 1390. The zero-order chi connectivity index (χ0) is 27.4. The van der Waals surface area contributed by atoms with Crippen molar-refractivity contribution in [3.05, 3.63) is 69.3 Å². The molecule has 0 unspecified atom stereocenters. The molecule has 0 fully saturated rings. The second-order valence-electron chi connectivity index (χ2n) is 7.75. The highest BCUT2D eigenvalue weighted by Crippen LogP contribution is 2.37. The van der Waals surface area contributed by atoms with E-state index in [9.17, 15) is 18.0 Å². The smallest absolute Gasteiger partial charge is 0.441 e. The van der Waals surface area contributed by atoms with Gasteiger partial charge in [-0.1, -0.05) is 24.3 Å². The van der Waals surface area contributed by atoms with Crippen LogP contribution in [0.25, 0.3) is 6.08 Å². The van der Waals surface area contributed by atoms with E-state index in [4.69, 9.17) is 19.6 Å². The van der Waals surface area contributed by atoms with Crippen LogP contribution in [0.4, 0.5) is 13.2 Å². The number of methoxy groups -OCH3 is 1. The van der Waals surface area contributed by atoms with Gasteiger partial charge in [-0.25, -0.2) is 0 Å². The summed E-state index contributed by atoms with van der Waals surface area (Å²) in [4.78, 5) is 16.2. The monoisotopic (exact) mass is 656 g/mol. The Morgan fingerprint density at radius 1 is 1.18 bits per heavy atom. The van der Waals surface area contributed by atoms with Crippen molar-refractivity contribution in [1.82, 2.24) is 5.01 Å². The lowest BCUT2D eigenvalue weighted by Gasteiger charge is -2.20. The van der Waals surface area contributed by atoms with Crippen molar-refractivity contribution < 1.29 is 32.2 Å². The van der Waals surface area contributed by atoms with Crippen LogP contribution in [0.15, 0.2) is 64.7 Å². The highest BCUT2D eigenvalue weighted by molar-refractivity contribution is 14.1. The van der Waals surface area contributed by atoms with E-state index in [1.807, 2.05) is 46.9 Å². The number of allylic oxidation sites excluding steroid dienone is 1. The molecular weight excluding hydrogens is 636 g/mol. The summed E-state index contributed by atoms with van der Waals surface area (Å²) in [7, 11) is 1.45. The van der Waals surface area contributed by atoms with Crippen LogP contribution in [0.2, 0.25) is 0 Å². The van der Waals surface area contributed by atoms with Crippen molar-refractivity contribution in [2.75, 3.05) is 20.3 Å². The van der Waals surface area contributed by atoms with E-state index in [-0.39, 0.29) is 35.7 Å². The number of para-hydroxylation sites is 1. The number of amides is 1. The van der Waals surface area contributed by atoms with Crippen molar-refractivity contribution in [3.63, 3.8) is 0 Å². The lowest BCUT2D eigenvalue weighted by Crippen LogP contribution is -2.35. The molecule has 38 heavy (non-hydrogen) atoms. The molecule has 1 amide bonds. The molecule has 2 aromatic carbocycles. The minimum Gasteiger partial charge on any atom is -0.493 e. The second kappa shape index (κ2) is 11.6. The number of aliphatic imine (C=N–C) groups is 1. The number of hydrazone groups is 1. The van der Waals surface area contributed by atoms with E-state index in [2.05, 4.69) is 16.7 Å². The Morgan fingerprint density at radius 3 is 2.63 bits per heavy atom. The number of hydrogen-bond acceptors (Lipinski definition) is 7. The largest absolute Gasteiger partial charge is 0.493 e. The van der Waals surface area contributed by atoms with Gasteiger partial charge < -0.3 is 14.2 Å². The summed E-state index contributed by atoms with van der Waals surface area (Å²) in [5.41, 5.74) is 1.27. The number of benzene rings is 2. The van der Waals surface area contributed by atoms with Crippen LogP contribution in [-0.2, 0) is 11.2 Å². The van der Waals surface area contributed by atoms with Crippen LogP contribution in [0.3, 0.4) is 0 Å². The lowest BCUT2D eigenvalue weighted by atomic mass is 10.1. The maximum atomic E-state index is 13.0. The number of halogens is 4. The van der Waals surface area contributed by atoms with Gasteiger partial charge in [0, 0.05) is 0 Å². The van der Waals surface area contributed by atoms with Gasteiger partial charge in [0.05, 0.1) is 16.3 Å². The Kier molecular flexibility index (Phi) is 8.45. The molecule has 0 atom stereocenters. The standard InChI is InChI=1S/C25H20F3IN4O4S/c1-3-6-15-7-4-5-8-18(15)36-9-10-37-20-17(29)12-14(13-19(20)35-2)11-16-21(30)33-24(31-22(16)34)38-23(32-33)25(26,27)28/h3-5,7-8,11-13,30H,1,6,9-10H2,2H3/b16-11+,30-21?. The SMILES string of the molecule is C=CCc1ccccc1OCCOc1c(I)cc(/C=C2\C(=N)N3N=C(C(F)(F)F)SC3=NC2=O)cc1OC. The average Bonchev–Trinajstić information content (AvgIpc) is 3.31. The number of thioether (sulfide) groups is 1. The van der Waals surface area contributed by atoms with Crippen molar-refractivity contribution in [3.8, 4) is 17.2 Å². The van der Waals surface area contributed by atoms with Gasteiger partial charge in [-0.15, -0.1) is 6.58 Å². The van der Waals surface area contributed by atoms with Gasteiger partial charge in [0.25, 0.3) is 5.91 Å². The number of alkyl halides is 3. The number of carbonyl (C=O) groups is 1. The Hall–Kier alpha value is -3.33. The fraction of sp³-hybridized carbons (Fsp3) is 0.200. The third kappa shape index (κ3) is 6.04. The summed E-state index contributed by atoms with van der Waals surface area (Å²) >= 11 is 2.24. The van der Waals surface area contributed by atoms with Crippen molar-refractivity contribution in [1.29, 1.82) is 5.41 Å². The van der Waals surface area contributed by atoms with Crippen molar-refractivity contribution in [2.45, 2.75) is 12.6 Å². The fourth-order valence-corrected chi connectivity index (χ4v) is 5.04. The molecule has 2 heterocycles. The number of carbonyl (C=O) groups excluding carboxylic acids is 1. The minimum atomic E-state index is -4.71. The van der Waals surface area contributed by atoms with E-state index in [1.165, 1.54) is 13.2 Å². The first-order valence-corrected chi connectivity index (χ1v) is 12.9. The summed E-state index contributed by atoms with van der Waals surface area (Å²) in [6.07, 6.45) is -0.881. The third-order valence-corrected chi connectivity index (χ3v) is 6.94. The molecule has 8 nitrogen and oxygen atoms in total. The maximum absolute atomic E-state index is 13.0. The molecule has 2 aliphatic rings. The average molecular weight is 656 g/mol. The molecule has 2 aliphatic heterocycles. The molecule has 13 heteroatoms. The number of nitrogens with one attached hydrogen (secondary N) is 1. The molecule has 0 spiro atoms. The number of nitrogens with zero attached hydrogens (tertiary/aromatic N) is 3. The molecule has 2 aromatic rings. The minimum absolute atomic E-state index is 0.199. The van der Waals surface area contributed by atoms with Gasteiger partial charge in [0.1, 0.15) is 19.0 Å². The normalized spacial score (nSPS) is 16.2. The number of ether oxygens (including phenoxy) is 3.